The van der Waals surface area contributed by atoms with E-state index in [9.17, 15) is 9.18 Å². The van der Waals surface area contributed by atoms with Crippen LogP contribution in [-0.2, 0) is 0 Å². The third-order valence-electron chi connectivity index (χ3n) is 3.32. The molecule has 2 heterocycles. The maximum Gasteiger partial charge on any atom is 0.284 e. The van der Waals surface area contributed by atoms with Gasteiger partial charge in [-0.1, -0.05) is 24.3 Å². The van der Waals surface area contributed by atoms with Gasteiger partial charge in [-0.25, -0.2) is 4.39 Å². The number of nitrogens with zero attached hydrogens (tertiary/aromatic N) is 2. The van der Waals surface area contributed by atoms with E-state index in [4.69, 9.17) is 4.42 Å². The molecule has 0 spiro atoms. The first-order valence-corrected chi connectivity index (χ1v) is 6.40. The highest BCUT2D eigenvalue weighted by Gasteiger charge is 2.19. The van der Waals surface area contributed by atoms with Crippen molar-refractivity contribution in [2.45, 2.75) is 0 Å². The standard InChI is InChI=1S/C16H9FN2O2/c17-11-5-3-6-12(9-11)19-16(20)13-8-10-4-1-2-7-14(10)21-15(13)18-19/h1-9H. The fourth-order valence-corrected chi connectivity index (χ4v) is 2.33. The number of hydrogen-bond acceptors (Lipinski definition) is 3. The Morgan fingerprint density at radius 3 is 2.76 bits per heavy atom. The number of aromatic nitrogens is 2. The van der Waals surface area contributed by atoms with E-state index in [1.54, 1.807) is 18.2 Å². The molecule has 2 aromatic rings. The average molecular weight is 280 g/mol. The van der Waals surface area contributed by atoms with Crippen LogP contribution in [0.25, 0.3) is 28.1 Å². The molecule has 21 heavy (non-hydrogen) atoms. The van der Waals surface area contributed by atoms with Crippen LogP contribution in [0.4, 0.5) is 4.39 Å². The van der Waals surface area contributed by atoms with Crippen molar-refractivity contribution in [3.05, 3.63) is 70.8 Å². The Hall–Kier alpha value is -2.95. The van der Waals surface area contributed by atoms with Gasteiger partial charge in [0.15, 0.2) is 0 Å². The van der Waals surface area contributed by atoms with Gasteiger partial charge in [0.2, 0.25) is 5.89 Å². The quantitative estimate of drug-likeness (QED) is 0.538. The van der Waals surface area contributed by atoms with Crippen molar-refractivity contribution in [3.63, 3.8) is 0 Å². The zero-order chi connectivity index (χ0) is 14.4. The maximum absolute atomic E-state index is 13.3. The molecular formula is C16H9FN2O2. The van der Waals surface area contributed by atoms with Crippen molar-refractivity contribution in [1.29, 1.82) is 0 Å². The molecule has 0 saturated carbocycles. The van der Waals surface area contributed by atoms with Gasteiger partial charge in [0.05, 0.1) is 5.69 Å². The molecule has 0 radical (unpaired) electrons. The minimum absolute atomic E-state index is 0.239. The summed E-state index contributed by atoms with van der Waals surface area (Å²) in [6, 6.07) is 14.8. The third kappa shape index (κ3) is 1.82. The van der Waals surface area contributed by atoms with E-state index in [-0.39, 0.29) is 11.4 Å². The van der Waals surface area contributed by atoms with Crippen LogP contribution in [0.5, 0.6) is 0 Å². The van der Waals surface area contributed by atoms with Gasteiger partial charge >= 0.3 is 0 Å². The molecule has 0 N–H and O–H groups in total. The molecule has 4 rings (SSSR count). The molecule has 4 nitrogen and oxygen atoms in total. The highest BCUT2D eigenvalue weighted by Crippen LogP contribution is 2.24. The number of fused-ring (bicyclic) bond motifs is 2. The van der Waals surface area contributed by atoms with Crippen LogP contribution < -0.4 is 5.56 Å². The Kier molecular flexibility index (Phi) is 2.41. The van der Waals surface area contributed by atoms with Crippen LogP contribution in [0.3, 0.4) is 0 Å². The number of hydrogen-bond donors (Lipinski definition) is 0. The Morgan fingerprint density at radius 1 is 1.05 bits per heavy atom. The molecule has 5 heteroatoms. The van der Waals surface area contributed by atoms with Crippen LogP contribution in [0.1, 0.15) is 0 Å². The van der Waals surface area contributed by atoms with E-state index >= 15 is 0 Å². The lowest BCUT2D eigenvalue weighted by molar-refractivity contribution is 0.589. The molecule has 0 atom stereocenters. The normalized spacial score (nSPS) is 11.3. The van der Waals surface area contributed by atoms with Gasteiger partial charge in [0.1, 0.15) is 17.0 Å². The third-order valence-corrected chi connectivity index (χ3v) is 3.32. The fraction of sp³-hybridized carbons (Fsp3) is 0. The summed E-state index contributed by atoms with van der Waals surface area (Å²) in [5, 5.41) is 4.96. The summed E-state index contributed by atoms with van der Waals surface area (Å²) in [5.41, 5.74) is 1.06. The van der Waals surface area contributed by atoms with Crippen molar-refractivity contribution < 1.29 is 8.81 Å². The molecule has 0 unspecified atom stereocenters. The molecule has 102 valence electrons. The summed E-state index contributed by atoms with van der Waals surface area (Å²) in [7, 11) is 0. The second kappa shape index (κ2) is 4.28. The topological polar surface area (TPSA) is 48.0 Å². The second-order valence-electron chi connectivity index (χ2n) is 4.70. The molecule has 0 aromatic heterocycles. The Bertz CT molecular complexity index is 987. The van der Waals surface area contributed by atoms with Gasteiger partial charge in [-0.15, -0.1) is 5.10 Å². The fourth-order valence-electron chi connectivity index (χ4n) is 2.33. The smallest absolute Gasteiger partial charge is 0.284 e. The lowest BCUT2D eigenvalue weighted by Gasteiger charge is -1.98. The summed E-state index contributed by atoms with van der Waals surface area (Å²) >= 11 is 0. The van der Waals surface area contributed by atoms with Gasteiger partial charge in [-0.3, -0.25) is 4.79 Å². The Labute approximate surface area is 118 Å². The van der Waals surface area contributed by atoms with Crippen molar-refractivity contribution >= 4 is 11.0 Å². The van der Waals surface area contributed by atoms with Gasteiger partial charge in [0, 0.05) is 5.39 Å². The highest BCUT2D eigenvalue weighted by atomic mass is 19.1. The summed E-state index contributed by atoms with van der Waals surface area (Å²) in [6.45, 7) is 0. The number of benzene rings is 2. The second-order valence-corrected chi connectivity index (χ2v) is 4.70. The maximum atomic E-state index is 13.3. The van der Waals surface area contributed by atoms with E-state index in [1.807, 2.05) is 18.2 Å². The Balaban J connectivity index is 2.04. The molecular weight excluding hydrogens is 271 g/mol. The van der Waals surface area contributed by atoms with E-state index < -0.39 is 5.82 Å². The van der Waals surface area contributed by atoms with Crippen molar-refractivity contribution in [1.82, 2.24) is 9.78 Å². The van der Waals surface area contributed by atoms with E-state index in [1.165, 1.54) is 18.2 Å². The van der Waals surface area contributed by atoms with Gasteiger partial charge in [0.25, 0.3) is 5.56 Å². The van der Waals surface area contributed by atoms with Crippen LogP contribution >= 0.6 is 0 Å². The molecule has 0 amide bonds. The molecule has 0 bridgehead atoms. The highest BCUT2D eigenvalue weighted by molar-refractivity contribution is 5.81. The van der Waals surface area contributed by atoms with Gasteiger partial charge in [-0.2, -0.15) is 4.68 Å². The zero-order valence-electron chi connectivity index (χ0n) is 10.8. The van der Waals surface area contributed by atoms with Crippen molar-refractivity contribution in [2.24, 2.45) is 0 Å². The lowest BCUT2D eigenvalue weighted by Crippen LogP contribution is -2.14. The first-order chi connectivity index (χ1) is 10.2. The summed E-state index contributed by atoms with van der Waals surface area (Å²) in [4.78, 5) is 12.4. The van der Waals surface area contributed by atoms with Gasteiger partial charge in [-0.05, 0) is 30.3 Å². The van der Waals surface area contributed by atoms with Crippen LogP contribution in [0, 0.1) is 5.82 Å². The molecule has 2 aromatic carbocycles. The SMILES string of the molecule is O=c1c2cc3ccccc3oc-2nn1-c1cccc(F)c1. The predicted octanol–water partition coefficient (Wildman–Crippen LogP) is 3.22. The van der Waals surface area contributed by atoms with E-state index in [0.29, 0.717) is 16.8 Å². The minimum Gasteiger partial charge on any atom is -0.436 e. The van der Waals surface area contributed by atoms with Gasteiger partial charge < -0.3 is 4.42 Å². The summed E-state index contributed by atoms with van der Waals surface area (Å²) in [6.07, 6.45) is 0. The number of rotatable bonds is 1. The predicted molar refractivity (Wildman–Crippen MR) is 76.2 cm³/mol. The van der Waals surface area contributed by atoms with Crippen molar-refractivity contribution in [2.75, 3.05) is 0 Å². The first kappa shape index (κ1) is 11.8. The largest absolute Gasteiger partial charge is 0.436 e. The molecule has 0 aliphatic carbocycles. The lowest BCUT2D eigenvalue weighted by atomic mass is 10.2. The first-order valence-electron chi connectivity index (χ1n) is 6.40. The monoisotopic (exact) mass is 280 g/mol. The molecule has 2 aliphatic rings. The van der Waals surface area contributed by atoms with E-state index in [0.717, 1.165) is 10.1 Å². The van der Waals surface area contributed by atoms with Crippen LogP contribution in [0.2, 0.25) is 0 Å². The number of para-hydroxylation sites is 1. The summed E-state index contributed by atoms with van der Waals surface area (Å²) < 4.78 is 20.1. The summed E-state index contributed by atoms with van der Waals surface area (Å²) in [5.74, 6) is -0.184. The zero-order valence-corrected chi connectivity index (χ0v) is 10.8. The van der Waals surface area contributed by atoms with Crippen LogP contribution in [0.15, 0.2) is 63.8 Å². The molecule has 0 fully saturated rings. The minimum atomic E-state index is -0.423. The Morgan fingerprint density at radius 2 is 1.90 bits per heavy atom. The molecule has 0 saturated heterocycles. The van der Waals surface area contributed by atoms with E-state index in [2.05, 4.69) is 5.10 Å². The molecule has 2 aliphatic heterocycles. The average Bonchev–Trinajstić information content (AvgIpc) is 2.82. The van der Waals surface area contributed by atoms with Crippen molar-refractivity contribution in [3.8, 4) is 17.1 Å². The van der Waals surface area contributed by atoms with Crippen LogP contribution in [-0.4, -0.2) is 9.78 Å². The number of halogens is 1.